The lowest BCUT2D eigenvalue weighted by molar-refractivity contribution is -0.103. The van der Waals surface area contributed by atoms with Gasteiger partial charge in [0.25, 0.3) is 0 Å². The van der Waals surface area contributed by atoms with Gasteiger partial charge in [0.15, 0.2) is 12.6 Å². The molecule has 0 spiro atoms. The lowest BCUT2D eigenvalue weighted by Crippen LogP contribution is -2.01. The maximum Gasteiger partial charge on any atom is 0.151 e. The molecular formula is C20H30O2S2. The predicted molar refractivity (Wildman–Crippen MR) is 113 cm³/mol. The average molecular weight is 367 g/mol. The summed E-state index contributed by atoms with van der Waals surface area (Å²) in [5, 5.41) is 0. The van der Waals surface area contributed by atoms with Crippen molar-refractivity contribution in [2.24, 2.45) is 0 Å². The molecule has 0 unspecified atom stereocenters. The highest BCUT2D eigenvalue weighted by Gasteiger charge is 2.02. The number of hydrogen-bond acceptors (Lipinski definition) is 2. The maximum atomic E-state index is 11.0. The molecule has 1 rings (SSSR count). The normalized spacial score (nSPS) is 10.9. The van der Waals surface area contributed by atoms with Crippen LogP contribution in [0.3, 0.4) is 0 Å². The molecule has 1 aromatic rings. The van der Waals surface area contributed by atoms with Crippen molar-refractivity contribution in [3.05, 3.63) is 35.4 Å². The summed E-state index contributed by atoms with van der Waals surface area (Å²) in [4.78, 5) is 24.1. The molecule has 2 nitrogen and oxygen atoms in total. The first-order chi connectivity index (χ1) is 11.5. The molecule has 0 fully saturated rings. The van der Waals surface area contributed by atoms with Gasteiger partial charge in [-0.05, 0) is 74.7 Å². The van der Waals surface area contributed by atoms with Crippen LogP contribution in [0.15, 0.2) is 24.3 Å². The largest absolute Gasteiger partial charge is 0.298 e. The summed E-state index contributed by atoms with van der Waals surface area (Å²) in [7, 11) is 0.191. The van der Waals surface area contributed by atoms with Gasteiger partial charge in [0, 0.05) is 9.73 Å². The Bertz CT molecular complexity index is 550. The minimum absolute atomic E-state index is 0.0953. The van der Waals surface area contributed by atoms with Crippen LogP contribution in [-0.4, -0.2) is 47.3 Å². The summed E-state index contributed by atoms with van der Waals surface area (Å²) < 4.78 is 0. The van der Waals surface area contributed by atoms with Crippen molar-refractivity contribution in [1.82, 2.24) is 0 Å². The van der Waals surface area contributed by atoms with Gasteiger partial charge in [-0.25, -0.2) is 0 Å². The Kier molecular flexibility index (Phi) is 10.1. The molecule has 0 aliphatic carbocycles. The summed E-state index contributed by atoms with van der Waals surface area (Å²) in [6.45, 7) is 0. The standard InChI is InChI=1S/C20H30O2S2/c1-23(2)19(15-21)9-5-7-17-11-13-18(14-12-17)8-6-10-20(16-22)24(3)4/h11-16H,5-10H2,1-4H3. The Morgan fingerprint density at radius 1 is 0.750 bits per heavy atom. The number of rotatable bonds is 10. The topological polar surface area (TPSA) is 34.1 Å². The van der Waals surface area contributed by atoms with Crippen LogP contribution in [0.4, 0.5) is 0 Å². The third kappa shape index (κ3) is 7.71. The predicted octanol–water partition coefficient (Wildman–Crippen LogP) is 4.13. The molecule has 0 amide bonds. The van der Waals surface area contributed by atoms with Gasteiger partial charge in [-0.15, -0.1) is 0 Å². The van der Waals surface area contributed by atoms with Crippen LogP contribution in [-0.2, 0) is 22.4 Å². The molecule has 0 heterocycles. The zero-order valence-corrected chi connectivity index (χ0v) is 17.0. The fourth-order valence-corrected chi connectivity index (χ4v) is 4.01. The second-order valence-electron chi connectivity index (χ2n) is 6.32. The fraction of sp³-hybridized carbons (Fsp3) is 0.500. The average Bonchev–Trinajstić information content (AvgIpc) is 2.56. The molecule has 0 bridgehead atoms. The molecule has 134 valence electrons. The van der Waals surface area contributed by atoms with Crippen molar-refractivity contribution in [3.63, 3.8) is 0 Å². The van der Waals surface area contributed by atoms with Crippen molar-refractivity contribution < 1.29 is 9.59 Å². The highest BCUT2D eigenvalue weighted by atomic mass is 32.2. The molecule has 4 heteroatoms. The highest BCUT2D eigenvalue weighted by molar-refractivity contribution is 8.15. The van der Waals surface area contributed by atoms with Crippen molar-refractivity contribution in [2.75, 3.05) is 25.0 Å². The van der Waals surface area contributed by atoms with E-state index in [1.54, 1.807) is 0 Å². The van der Waals surface area contributed by atoms with Crippen LogP contribution in [0.25, 0.3) is 0 Å². The number of aryl methyl sites for hydroxylation is 2. The van der Waals surface area contributed by atoms with Gasteiger partial charge in [0.2, 0.25) is 0 Å². The van der Waals surface area contributed by atoms with Gasteiger partial charge in [-0.3, -0.25) is 9.59 Å². The summed E-state index contributed by atoms with van der Waals surface area (Å²) in [5.74, 6) is 0. The van der Waals surface area contributed by atoms with Gasteiger partial charge in [-0.2, -0.15) is 21.0 Å². The monoisotopic (exact) mass is 366 g/mol. The van der Waals surface area contributed by atoms with E-state index < -0.39 is 0 Å². The molecular weight excluding hydrogens is 336 g/mol. The molecule has 0 atom stereocenters. The fourth-order valence-electron chi connectivity index (χ4n) is 2.52. The zero-order chi connectivity index (χ0) is 17.9. The van der Waals surface area contributed by atoms with Crippen LogP contribution < -0.4 is 0 Å². The van der Waals surface area contributed by atoms with E-state index >= 15 is 0 Å². The Balaban J connectivity index is 2.43. The summed E-state index contributed by atoms with van der Waals surface area (Å²) in [5.41, 5.74) is 2.67. The highest BCUT2D eigenvalue weighted by Crippen LogP contribution is 2.14. The van der Waals surface area contributed by atoms with Crippen LogP contribution in [0, 0.1) is 0 Å². The maximum absolute atomic E-state index is 11.0. The zero-order valence-electron chi connectivity index (χ0n) is 15.3. The third-order valence-electron chi connectivity index (χ3n) is 4.11. The van der Waals surface area contributed by atoms with Crippen molar-refractivity contribution in [2.45, 2.75) is 38.5 Å². The molecule has 0 aliphatic heterocycles. The molecule has 0 radical (unpaired) electrons. The Morgan fingerprint density at radius 3 is 1.33 bits per heavy atom. The molecule has 1 aromatic carbocycles. The first-order valence-electron chi connectivity index (χ1n) is 8.33. The number of aldehydes is 2. The van der Waals surface area contributed by atoms with Gasteiger partial charge in [-0.1, -0.05) is 24.3 Å². The molecule has 0 aliphatic rings. The van der Waals surface area contributed by atoms with E-state index in [0.717, 1.165) is 60.8 Å². The first kappa shape index (κ1) is 21.0. The number of benzene rings is 1. The van der Waals surface area contributed by atoms with E-state index in [-0.39, 0.29) is 21.0 Å². The molecule has 24 heavy (non-hydrogen) atoms. The number of carbonyl (C=O) groups excluding carboxylic acids is 2. The first-order valence-corrected chi connectivity index (χ1v) is 12.4. The van der Waals surface area contributed by atoms with Crippen LogP contribution in [0.5, 0.6) is 0 Å². The van der Waals surface area contributed by atoms with Gasteiger partial charge in [0.05, 0.1) is 0 Å². The quantitative estimate of drug-likeness (QED) is 0.461. The Hall–Kier alpha value is -1.00. The van der Waals surface area contributed by atoms with Crippen LogP contribution >= 0.6 is 21.0 Å². The Labute approximate surface area is 151 Å². The second-order valence-corrected chi connectivity index (χ2v) is 10.6. The lowest BCUT2D eigenvalue weighted by Gasteiger charge is -2.07. The van der Waals surface area contributed by atoms with E-state index in [1.807, 2.05) is 0 Å². The van der Waals surface area contributed by atoms with Gasteiger partial charge in [0.1, 0.15) is 0 Å². The summed E-state index contributed by atoms with van der Waals surface area (Å²) in [6.07, 6.45) is 16.4. The van der Waals surface area contributed by atoms with E-state index in [4.69, 9.17) is 0 Å². The molecule has 0 saturated heterocycles. The number of hydrogen-bond donors (Lipinski definition) is 0. The van der Waals surface area contributed by atoms with Crippen molar-refractivity contribution >= 4 is 43.3 Å². The third-order valence-corrected chi connectivity index (χ3v) is 6.81. The van der Waals surface area contributed by atoms with E-state index in [9.17, 15) is 9.59 Å². The summed E-state index contributed by atoms with van der Waals surface area (Å²) >= 11 is 0. The lowest BCUT2D eigenvalue weighted by atomic mass is 10.0. The molecule has 0 aromatic heterocycles. The minimum atomic E-state index is 0.0953. The van der Waals surface area contributed by atoms with Gasteiger partial charge >= 0.3 is 0 Å². The number of carbonyl (C=O) groups is 2. The summed E-state index contributed by atoms with van der Waals surface area (Å²) in [6, 6.07) is 8.79. The van der Waals surface area contributed by atoms with Crippen molar-refractivity contribution in [1.29, 1.82) is 0 Å². The SMILES string of the molecule is CS(C)=C(C=O)CCCc1ccc(CCCC(C=O)=S(C)C)cc1. The van der Waals surface area contributed by atoms with Crippen LogP contribution in [0.1, 0.15) is 36.8 Å². The minimum Gasteiger partial charge on any atom is -0.298 e. The van der Waals surface area contributed by atoms with Crippen molar-refractivity contribution in [3.8, 4) is 0 Å². The molecule has 0 saturated carbocycles. The van der Waals surface area contributed by atoms with Gasteiger partial charge < -0.3 is 0 Å². The second kappa shape index (κ2) is 11.5. The Morgan fingerprint density at radius 2 is 1.08 bits per heavy atom. The van der Waals surface area contributed by atoms with E-state index in [1.165, 1.54) is 11.1 Å². The van der Waals surface area contributed by atoms with Crippen LogP contribution in [0.2, 0.25) is 0 Å². The smallest absolute Gasteiger partial charge is 0.151 e. The molecule has 0 N–H and O–H groups in total. The van der Waals surface area contributed by atoms with E-state index in [2.05, 4.69) is 49.3 Å². The van der Waals surface area contributed by atoms with E-state index in [0.29, 0.717) is 0 Å².